The molecule has 1 aromatic heterocycles. The lowest BCUT2D eigenvalue weighted by Crippen LogP contribution is -2.38. The minimum absolute atomic E-state index is 0.219. The van der Waals surface area contributed by atoms with E-state index in [-0.39, 0.29) is 17.4 Å². The Morgan fingerprint density at radius 3 is 2.48 bits per heavy atom. The molecule has 0 atom stereocenters. The topological polar surface area (TPSA) is 105 Å². The van der Waals surface area contributed by atoms with Crippen LogP contribution in [-0.2, 0) is 16.6 Å². The van der Waals surface area contributed by atoms with Gasteiger partial charge in [-0.15, -0.1) is 0 Å². The highest BCUT2D eigenvalue weighted by molar-refractivity contribution is 7.89. The van der Waals surface area contributed by atoms with Crippen LogP contribution in [0.5, 0.6) is 0 Å². The Balaban J connectivity index is 1.53. The average Bonchev–Trinajstić information content (AvgIpc) is 2.68. The van der Waals surface area contributed by atoms with Gasteiger partial charge < -0.3 is 0 Å². The number of nitrogens with zero attached hydrogens (tertiary/aromatic N) is 3. The van der Waals surface area contributed by atoms with E-state index >= 15 is 0 Å². The van der Waals surface area contributed by atoms with Crippen molar-refractivity contribution in [3.05, 3.63) is 64.5 Å². The first-order valence-corrected chi connectivity index (χ1v) is 10.3. The molecule has 1 aliphatic rings. The molecule has 0 saturated carbocycles. The Bertz CT molecular complexity index is 881. The second-order valence-electron chi connectivity index (χ2n) is 6.65. The van der Waals surface area contributed by atoms with Crippen LogP contribution >= 0.6 is 0 Å². The molecule has 0 unspecified atom stereocenters. The molecule has 9 heteroatoms. The van der Waals surface area contributed by atoms with Crippen molar-refractivity contribution in [2.45, 2.75) is 24.3 Å². The molecule has 8 nitrogen and oxygen atoms in total. The van der Waals surface area contributed by atoms with Crippen LogP contribution in [0.4, 0.5) is 5.69 Å². The van der Waals surface area contributed by atoms with Crippen LogP contribution in [0.15, 0.2) is 53.7 Å². The molecule has 3 rings (SSSR count). The number of nitrogens with one attached hydrogen (secondary N) is 1. The largest absolute Gasteiger partial charge is 0.299 e. The SMILES string of the molecule is O=[N+]([O-])c1ccccc1S(=O)(=O)NCC1CCN(Cc2ccncc2)CC1. The highest BCUT2D eigenvalue weighted by atomic mass is 32.2. The van der Waals surface area contributed by atoms with Gasteiger partial charge in [0, 0.05) is 31.5 Å². The summed E-state index contributed by atoms with van der Waals surface area (Å²) in [5.41, 5.74) is 0.803. The fraction of sp³-hybridized carbons (Fsp3) is 0.389. The van der Waals surface area contributed by atoms with Crippen molar-refractivity contribution < 1.29 is 13.3 Å². The summed E-state index contributed by atoms with van der Waals surface area (Å²) < 4.78 is 27.5. The predicted octanol–water partition coefficient (Wildman–Crippen LogP) is 2.18. The number of para-hydroxylation sites is 1. The molecule has 0 radical (unpaired) electrons. The molecule has 1 fully saturated rings. The summed E-state index contributed by atoms with van der Waals surface area (Å²) in [7, 11) is -3.91. The standard InChI is InChI=1S/C18H22N4O4S/c23-22(24)17-3-1-2-4-18(17)27(25,26)20-13-15-7-11-21(12-8-15)14-16-5-9-19-10-6-16/h1-6,9-10,15,20H,7-8,11-14H2. The lowest BCUT2D eigenvalue weighted by Gasteiger charge is -2.32. The first-order valence-electron chi connectivity index (χ1n) is 8.80. The molecule has 0 spiro atoms. The van der Waals surface area contributed by atoms with Crippen molar-refractivity contribution in [2.75, 3.05) is 19.6 Å². The van der Waals surface area contributed by atoms with E-state index in [0.29, 0.717) is 0 Å². The van der Waals surface area contributed by atoms with E-state index in [1.165, 1.54) is 29.8 Å². The third-order valence-electron chi connectivity index (χ3n) is 4.78. The Kier molecular flexibility index (Phi) is 6.15. The van der Waals surface area contributed by atoms with Crippen LogP contribution in [0.2, 0.25) is 0 Å². The number of rotatable bonds is 7. The summed E-state index contributed by atoms with van der Waals surface area (Å²) in [4.78, 5) is 16.5. The van der Waals surface area contributed by atoms with Crippen LogP contribution < -0.4 is 4.72 Å². The fourth-order valence-corrected chi connectivity index (χ4v) is 4.52. The van der Waals surface area contributed by atoms with Crippen molar-refractivity contribution in [1.29, 1.82) is 0 Å². The number of pyridine rings is 1. The van der Waals surface area contributed by atoms with Gasteiger partial charge in [0.1, 0.15) is 0 Å². The van der Waals surface area contributed by atoms with Gasteiger partial charge in [0.15, 0.2) is 4.90 Å². The Labute approximate surface area is 158 Å². The monoisotopic (exact) mass is 390 g/mol. The normalized spacial score (nSPS) is 16.3. The fourth-order valence-electron chi connectivity index (χ4n) is 3.24. The molecular formula is C18H22N4O4S. The number of nitro groups is 1. The number of likely N-dealkylation sites (tertiary alicyclic amines) is 1. The quantitative estimate of drug-likeness (QED) is 0.574. The maximum atomic E-state index is 12.5. The summed E-state index contributed by atoms with van der Waals surface area (Å²) in [6.45, 7) is 2.93. The molecule has 1 N–H and O–H groups in total. The Morgan fingerprint density at radius 1 is 1.15 bits per heavy atom. The number of nitro benzene ring substituents is 1. The molecule has 2 aromatic rings. The molecule has 1 aromatic carbocycles. The molecule has 1 aliphatic heterocycles. The van der Waals surface area contributed by atoms with Gasteiger partial charge in [0.05, 0.1) is 4.92 Å². The van der Waals surface area contributed by atoms with Crippen LogP contribution in [0.25, 0.3) is 0 Å². The third kappa shape index (κ3) is 5.09. The highest BCUT2D eigenvalue weighted by Crippen LogP contribution is 2.24. The second kappa shape index (κ2) is 8.55. The van der Waals surface area contributed by atoms with E-state index in [0.717, 1.165) is 32.5 Å². The van der Waals surface area contributed by atoms with Gasteiger partial charge in [-0.05, 0) is 55.6 Å². The van der Waals surface area contributed by atoms with Crippen LogP contribution in [0.3, 0.4) is 0 Å². The van der Waals surface area contributed by atoms with E-state index in [1.54, 1.807) is 12.4 Å². The summed E-state index contributed by atoms with van der Waals surface area (Å²) in [6.07, 6.45) is 5.31. The summed E-state index contributed by atoms with van der Waals surface area (Å²) in [5.74, 6) is 0.219. The number of piperidine rings is 1. The smallest absolute Gasteiger partial charge is 0.289 e. The minimum atomic E-state index is -3.91. The molecule has 144 valence electrons. The minimum Gasteiger partial charge on any atom is -0.299 e. The van der Waals surface area contributed by atoms with Gasteiger partial charge in [-0.3, -0.25) is 20.0 Å². The molecule has 0 amide bonds. The lowest BCUT2D eigenvalue weighted by molar-refractivity contribution is -0.387. The Hall–Kier alpha value is -2.36. The number of aromatic nitrogens is 1. The maximum Gasteiger partial charge on any atom is 0.289 e. The predicted molar refractivity (Wildman–Crippen MR) is 101 cm³/mol. The lowest BCUT2D eigenvalue weighted by atomic mass is 9.97. The molecule has 0 aliphatic carbocycles. The van der Waals surface area contributed by atoms with Gasteiger partial charge in [0.2, 0.25) is 10.0 Å². The first kappa shape index (κ1) is 19.4. The van der Waals surface area contributed by atoms with Crippen LogP contribution in [0, 0.1) is 16.0 Å². The summed E-state index contributed by atoms with van der Waals surface area (Å²) in [5, 5.41) is 11.1. The third-order valence-corrected chi connectivity index (χ3v) is 6.25. The van der Waals surface area contributed by atoms with Crippen molar-refractivity contribution in [2.24, 2.45) is 5.92 Å². The zero-order valence-electron chi connectivity index (χ0n) is 14.8. The van der Waals surface area contributed by atoms with E-state index in [4.69, 9.17) is 0 Å². The van der Waals surface area contributed by atoms with Gasteiger partial charge in [-0.25, -0.2) is 13.1 Å². The van der Waals surface area contributed by atoms with Crippen molar-refractivity contribution in [3.63, 3.8) is 0 Å². The number of hydrogen-bond acceptors (Lipinski definition) is 6. The maximum absolute atomic E-state index is 12.5. The van der Waals surface area contributed by atoms with E-state index in [9.17, 15) is 18.5 Å². The van der Waals surface area contributed by atoms with Crippen molar-refractivity contribution >= 4 is 15.7 Å². The number of sulfonamides is 1. The molecule has 1 saturated heterocycles. The Morgan fingerprint density at radius 2 is 1.81 bits per heavy atom. The second-order valence-corrected chi connectivity index (χ2v) is 8.39. The van der Waals surface area contributed by atoms with Crippen molar-refractivity contribution in [1.82, 2.24) is 14.6 Å². The highest BCUT2D eigenvalue weighted by Gasteiger charge is 2.27. The van der Waals surface area contributed by atoms with Gasteiger partial charge in [-0.2, -0.15) is 0 Å². The van der Waals surface area contributed by atoms with Crippen LogP contribution in [-0.4, -0.2) is 42.9 Å². The molecule has 0 bridgehead atoms. The summed E-state index contributed by atoms with van der Waals surface area (Å²) in [6, 6.07) is 9.39. The first-order chi connectivity index (χ1) is 13.0. The number of benzene rings is 1. The zero-order chi connectivity index (χ0) is 19.3. The molecule has 2 heterocycles. The summed E-state index contributed by atoms with van der Waals surface area (Å²) >= 11 is 0. The van der Waals surface area contributed by atoms with Gasteiger partial charge in [-0.1, -0.05) is 12.1 Å². The average molecular weight is 390 g/mol. The van der Waals surface area contributed by atoms with E-state index in [1.807, 2.05) is 12.1 Å². The van der Waals surface area contributed by atoms with Crippen LogP contribution in [0.1, 0.15) is 18.4 Å². The molecular weight excluding hydrogens is 368 g/mol. The van der Waals surface area contributed by atoms with Gasteiger partial charge >= 0.3 is 0 Å². The van der Waals surface area contributed by atoms with Gasteiger partial charge in [0.25, 0.3) is 5.69 Å². The van der Waals surface area contributed by atoms with E-state index < -0.39 is 20.6 Å². The van der Waals surface area contributed by atoms with E-state index in [2.05, 4.69) is 14.6 Å². The zero-order valence-corrected chi connectivity index (χ0v) is 15.6. The van der Waals surface area contributed by atoms with Crippen molar-refractivity contribution in [3.8, 4) is 0 Å². The molecule has 27 heavy (non-hydrogen) atoms. The number of hydrogen-bond donors (Lipinski definition) is 1.